The zero-order chi connectivity index (χ0) is 14.6. The van der Waals surface area contributed by atoms with Gasteiger partial charge in [0.1, 0.15) is 5.69 Å². The summed E-state index contributed by atoms with van der Waals surface area (Å²) in [7, 11) is 0. The van der Waals surface area contributed by atoms with Crippen LogP contribution >= 0.6 is 12.2 Å². The van der Waals surface area contributed by atoms with E-state index in [1.807, 2.05) is 33.8 Å². The number of aromatic nitrogens is 2. The largest absolute Gasteiger partial charge is 0.393 e. The van der Waals surface area contributed by atoms with Crippen LogP contribution in [0.2, 0.25) is 0 Å². The molecule has 1 aromatic heterocycles. The molecule has 1 heterocycles. The van der Waals surface area contributed by atoms with Crippen molar-refractivity contribution in [2.24, 2.45) is 11.1 Å². The quantitative estimate of drug-likeness (QED) is 0.776. The second kappa shape index (κ2) is 6.14. The summed E-state index contributed by atoms with van der Waals surface area (Å²) in [5, 5.41) is 7.22. The van der Waals surface area contributed by atoms with Gasteiger partial charge in [0.15, 0.2) is 0 Å². The van der Waals surface area contributed by atoms with Crippen LogP contribution in [-0.4, -0.2) is 27.2 Å². The normalized spacial score (nSPS) is 11.4. The molecule has 0 bridgehead atoms. The van der Waals surface area contributed by atoms with E-state index < -0.39 is 5.41 Å². The standard InChI is InChI=1S/C13H22N4OS/c1-5-9-7-10(17(6-2)16-9)11(18)15-8-13(3,4)12(14)19/h7H,5-6,8H2,1-4H3,(H2,14,19)(H,15,18). The number of aryl methyl sites for hydroxylation is 2. The Morgan fingerprint density at radius 3 is 2.63 bits per heavy atom. The van der Waals surface area contributed by atoms with Crippen molar-refractivity contribution in [1.82, 2.24) is 15.1 Å². The molecule has 19 heavy (non-hydrogen) atoms. The van der Waals surface area contributed by atoms with E-state index in [0.29, 0.717) is 23.8 Å². The number of carbonyl (C=O) groups excluding carboxylic acids is 1. The minimum atomic E-state index is -0.393. The summed E-state index contributed by atoms with van der Waals surface area (Å²) >= 11 is 4.98. The Morgan fingerprint density at radius 2 is 2.16 bits per heavy atom. The van der Waals surface area contributed by atoms with Crippen molar-refractivity contribution >= 4 is 23.1 Å². The molecule has 0 saturated heterocycles. The van der Waals surface area contributed by atoms with E-state index in [2.05, 4.69) is 10.4 Å². The Morgan fingerprint density at radius 1 is 1.53 bits per heavy atom. The summed E-state index contributed by atoms with van der Waals surface area (Å²) in [6.07, 6.45) is 0.811. The van der Waals surface area contributed by atoms with Crippen LogP contribution in [0.15, 0.2) is 6.07 Å². The van der Waals surface area contributed by atoms with Crippen LogP contribution in [0.1, 0.15) is 43.9 Å². The number of hydrogen-bond acceptors (Lipinski definition) is 3. The number of rotatable bonds is 6. The summed E-state index contributed by atoms with van der Waals surface area (Å²) < 4.78 is 1.71. The molecule has 0 aromatic carbocycles. The maximum Gasteiger partial charge on any atom is 0.269 e. The molecular weight excluding hydrogens is 260 g/mol. The second-order valence-corrected chi connectivity index (χ2v) is 5.56. The number of hydrogen-bond donors (Lipinski definition) is 2. The van der Waals surface area contributed by atoms with Crippen molar-refractivity contribution in [1.29, 1.82) is 0 Å². The van der Waals surface area contributed by atoms with Gasteiger partial charge < -0.3 is 11.1 Å². The molecule has 5 nitrogen and oxygen atoms in total. The van der Waals surface area contributed by atoms with Crippen LogP contribution < -0.4 is 11.1 Å². The SMILES string of the molecule is CCc1cc(C(=O)NCC(C)(C)C(N)=S)n(CC)n1. The van der Waals surface area contributed by atoms with Gasteiger partial charge in [-0.15, -0.1) is 0 Å². The fraction of sp³-hybridized carbons (Fsp3) is 0.615. The highest BCUT2D eigenvalue weighted by Crippen LogP contribution is 2.14. The molecule has 0 aliphatic carbocycles. The van der Waals surface area contributed by atoms with Crippen molar-refractivity contribution in [3.8, 4) is 0 Å². The van der Waals surface area contributed by atoms with E-state index in [1.54, 1.807) is 4.68 Å². The molecule has 6 heteroatoms. The van der Waals surface area contributed by atoms with Gasteiger partial charge in [-0.1, -0.05) is 33.0 Å². The minimum absolute atomic E-state index is 0.140. The van der Waals surface area contributed by atoms with Gasteiger partial charge in [0.25, 0.3) is 5.91 Å². The van der Waals surface area contributed by atoms with Crippen LogP contribution in [0.5, 0.6) is 0 Å². The summed E-state index contributed by atoms with van der Waals surface area (Å²) in [5.74, 6) is -0.140. The van der Waals surface area contributed by atoms with Gasteiger partial charge in [0.2, 0.25) is 0 Å². The Labute approximate surface area is 119 Å². The predicted molar refractivity (Wildman–Crippen MR) is 80.2 cm³/mol. The van der Waals surface area contributed by atoms with Crippen LogP contribution in [0.3, 0.4) is 0 Å². The number of nitrogens with two attached hydrogens (primary N) is 1. The molecule has 0 fully saturated rings. The topological polar surface area (TPSA) is 72.9 Å². The highest BCUT2D eigenvalue weighted by atomic mass is 32.1. The molecule has 0 saturated carbocycles. The lowest BCUT2D eigenvalue weighted by molar-refractivity contribution is 0.0934. The number of thiocarbonyl (C=S) groups is 1. The van der Waals surface area contributed by atoms with Crippen molar-refractivity contribution in [3.05, 3.63) is 17.5 Å². The first-order valence-electron chi connectivity index (χ1n) is 6.46. The van der Waals surface area contributed by atoms with Gasteiger partial charge in [-0.2, -0.15) is 5.10 Å². The van der Waals surface area contributed by atoms with Crippen LogP contribution in [0.25, 0.3) is 0 Å². The lowest BCUT2D eigenvalue weighted by Crippen LogP contribution is -2.41. The third-order valence-corrected chi connectivity index (χ3v) is 3.64. The zero-order valence-corrected chi connectivity index (χ0v) is 12.8. The number of amides is 1. The molecule has 0 atom stereocenters. The van der Waals surface area contributed by atoms with Gasteiger partial charge in [0, 0.05) is 18.5 Å². The van der Waals surface area contributed by atoms with E-state index in [9.17, 15) is 4.79 Å². The van der Waals surface area contributed by atoms with Crippen LogP contribution in [0, 0.1) is 5.41 Å². The van der Waals surface area contributed by atoms with E-state index in [4.69, 9.17) is 18.0 Å². The zero-order valence-electron chi connectivity index (χ0n) is 12.0. The van der Waals surface area contributed by atoms with Gasteiger partial charge in [0.05, 0.1) is 10.7 Å². The average Bonchev–Trinajstić information content (AvgIpc) is 2.79. The molecule has 1 amide bonds. The highest BCUT2D eigenvalue weighted by molar-refractivity contribution is 7.80. The highest BCUT2D eigenvalue weighted by Gasteiger charge is 2.23. The third kappa shape index (κ3) is 3.76. The number of nitrogens with one attached hydrogen (secondary N) is 1. The second-order valence-electron chi connectivity index (χ2n) is 5.12. The number of carbonyl (C=O) groups is 1. The Balaban J connectivity index is 2.78. The summed E-state index contributed by atoms with van der Waals surface area (Å²) in [6.45, 7) is 8.87. The molecule has 106 valence electrons. The van der Waals surface area contributed by atoms with E-state index in [0.717, 1.165) is 12.1 Å². The van der Waals surface area contributed by atoms with Crippen molar-refractivity contribution < 1.29 is 4.79 Å². The maximum absolute atomic E-state index is 12.2. The Kier molecular flexibility index (Phi) is 5.05. The van der Waals surface area contributed by atoms with Crippen LogP contribution in [-0.2, 0) is 13.0 Å². The predicted octanol–water partition coefficient (Wildman–Crippen LogP) is 1.51. The molecule has 3 N–H and O–H groups in total. The summed E-state index contributed by atoms with van der Waals surface area (Å²) in [6, 6.07) is 1.83. The van der Waals surface area contributed by atoms with Crippen molar-refractivity contribution in [3.63, 3.8) is 0 Å². The smallest absolute Gasteiger partial charge is 0.269 e. The molecule has 0 aliphatic heterocycles. The molecule has 1 rings (SSSR count). The summed E-state index contributed by atoms with van der Waals surface area (Å²) in [4.78, 5) is 12.6. The lowest BCUT2D eigenvalue weighted by atomic mass is 9.93. The average molecular weight is 282 g/mol. The van der Waals surface area contributed by atoms with E-state index >= 15 is 0 Å². The first kappa shape index (κ1) is 15.6. The van der Waals surface area contributed by atoms with E-state index in [-0.39, 0.29) is 5.91 Å². The van der Waals surface area contributed by atoms with Gasteiger partial charge in [-0.3, -0.25) is 9.48 Å². The third-order valence-electron chi connectivity index (χ3n) is 3.08. The van der Waals surface area contributed by atoms with Crippen LogP contribution in [0.4, 0.5) is 0 Å². The monoisotopic (exact) mass is 282 g/mol. The molecule has 0 unspecified atom stereocenters. The molecular formula is C13H22N4OS. The molecule has 0 aliphatic rings. The van der Waals surface area contributed by atoms with Gasteiger partial charge in [-0.25, -0.2) is 0 Å². The first-order valence-corrected chi connectivity index (χ1v) is 6.87. The van der Waals surface area contributed by atoms with Crippen molar-refractivity contribution in [2.75, 3.05) is 6.54 Å². The van der Waals surface area contributed by atoms with Crippen molar-refractivity contribution in [2.45, 2.75) is 40.7 Å². The minimum Gasteiger partial charge on any atom is -0.393 e. The fourth-order valence-corrected chi connectivity index (χ4v) is 1.62. The molecule has 1 aromatic rings. The lowest BCUT2D eigenvalue weighted by Gasteiger charge is -2.23. The first-order chi connectivity index (χ1) is 8.81. The summed E-state index contributed by atoms with van der Waals surface area (Å²) in [5.41, 5.74) is 6.75. The Bertz CT molecular complexity index is 479. The number of nitrogens with zero attached hydrogens (tertiary/aromatic N) is 2. The van der Waals surface area contributed by atoms with Gasteiger partial charge >= 0.3 is 0 Å². The molecule has 0 radical (unpaired) electrons. The molecule has 0 spiro atoms. The van der Waals surface area contributed by atoms with E-state index in [1.165, 1.54) is 0 Å². The fourth-order valence-electron chi connectivity index (χ4n) is 1.55. The Hall–Kier alpha value is -1.43. The maximum atomic E-state index is 12.2. The van der Waals surface area contributed by atoms with Gasteiger partial charge in [-0.05, 0) is 19.4 Å².